The van der Waals surface area contributed by atoms with Crippen LogP contribution in [0.15, 0.2) is 180 Å². The second kappa shape index (κ2) is 40.0. The number of Topliss-reactive ketones (excluding diaryl/α,β-unsaturated/α-hetero) is 7. The fraction of sp³-hybridized carbons (Fsp3) is 0.250. The molecule has 9 aromatic carbocycles. The van der Waals surface area contributed by atoms with Crippen molar-refractivity contribution in [1.29, 1.82) is 0 Å². The number of ether oxygens (including phenoxy) is 2. The first-order valence-electron chi connectivity index (χ1n) is 33.5. The number of aryl methyl sites for hydroxylation is 6. The zero-order valence-electron chi connectivity index (χ0n) is 59.5. The van der Waals surface area contributed by atoms with Crippen LogP contribution in [0.3, 0.4) is 0 Å². The Bertz CT molecular complexity index is 4730. The van der Waals surface area contributed by atoms with E-state index in [1.807, 2.05) is 130 Å². The maximum atomic E-state index is 12.0. The number of halogens is 6. The molecule has 1 heterocycles. The zero-order chi connectivity index (χ0) is 76.9. The molecule has 0 aromatic heterocycles. The molecule has 546 valence electrons. The van der Waals surface area contributed by atoms with E-state index in [1.54, 1.807) is 77.2 Å². The summed E-state index contributed by atoms with van der Waals surface area (Å²) >= 11 is 20.3. The Morgan fingerprint density at radius 2 is 0.857 bits per heavy atom. The molecule has 13 rings (SSSR count). The van der Waals surface area contributed by atoms with Crippen LogP contribution < -0.4 is 9.47 Å². The Kier molecular flexibility index (Phi) is 32.0. The van der Waals surface area contributed by atoms with Gasteiger partial charge in [0.05, 0.1) is 12.7 Å². The molecule has 0 spiro atoms. The third kappa shape index (κ3) is 23.9. The number of ketones is 7. The van der Waals surface area contributed by atoms with Crippen molar-refractivity contribution in [3.05, 3.63) is 280 Å². The number of phenols is 1. The van der Waals surface area contributed by atoms with E-state index in [0.29, 0.717) is 66.0 Å². The maximum Gasteiger partial charge on any atom is 0.335 e. The Balaban J connectivity index is 0.000000175. The van der Waals surface area contributed by atoms with Gasteiger partial charge >= 0.3 is 5.97 Å². The molecule has 4 aliphatic rings. The molecule has 2 N–H and O–H groups in total. The molecule has 105 heavy (non-hydrogen) atoms. The van der Waals surface area contributed by atoms with Gasteiger partial charge in [-0.1, -0.05) is 138 Å². The smallest absolute Gasteiger partial charge is 0.335 e. The van der Waals surface area contributed by atoms with Gasteiger partial charge in [-0.2, -0.15) is 0 Å². The minimum atomic E-state index is -0.888. The van der Waals surface area contributed by atoms with Crippen LogP contribution in [0.1, 0.15) is 210 Å². The average molecular weight is 1810 g/mol. The molecule has 9 aromatic rings. The summed E-state index contributed by atoms with van der Waals surface area (Å²) in [5, 5.41) is 19.7. The molecule has 0 saturated heterocycles. The summed E-state index contributed by atoms with van der Waals surface area (Å²) < 4.78 is 16.6. The molecule has 0 saturated carbocycles. The van der Waals surface area contributed by atoms with Crippen LogP contribution in [0, 0.1) is 20.8 Å². The fourth-order valence-corrected chi connectivity index (χ4v) is 13.6. The van der Waals surface area contributed by atoms with Crippen LogP contribution in [0.2, 0.25) is 0 Å². The molecule has 1 amide bonds. The number of alkyl halides is 1. The molecular formula is C84H79Br6NO14. The number of carbonyl (C=O) groups excluding carboxylic acids is 8. The van der Waals surface area contributed by atoms with Crippen molar-refractivity contribution >= 4 is 148 Å². The van der Waals surface area contributed by atoms with Gasteiger partial charge in [-0.05, 0) is 252 Å². The second-order valence-electron chi connectivity index (χ2n) is 25.1. The minimum Gasteiger partial charge on any atom is -0.508 e. The number of carbonyl (C=O) groups is 9. The fourth-order valence-electron chi connectivity index (χ4n) is 11.3. The number of fused-ring (bicyclic) bond motifs is 6. The molecule has 0 unspecified atom stereocenters. The maximum absolute atomic E-state index is 12.0. The van der Waals surface area contributed by atoms with Gasteiger partial charge in [0, 0.05) is 110 Å². The lowest BCUT2D eigenvalue weighted by Gasteiger charge is -2.24. The molecule has 0 bridgehead atoms. The Hall–Kier alpha value is -8.15. The van der Waals surface area contributed by atoms with Crippen LogP contribution >= 0.6 is 95.6 Å². The predicted molar refractivity (Wildman–Crippen MR) is 431 cm³/mol. The van der Waals surface area contributed by atoms with Crippen molar-refractivity contribution in [2.24, 2.45) is 0 Å². The summed E-state index contributed by atoms with van der Waals surface area (Å²) in [6.07, 6.45) is 7.50. The van der Waals surface area contributed by atoms with Crippen LogP contribution in [0.25, 0.3) is 11.1 Å². The number of nitrogens with zero attached hydrogens (tertiary/aromatic N) is 1. The number of aromatic carboxylic acids is 1. The van der Waals surface area contributed by atoms with Gasteiger partial charge in [0.15, 0.2) is 40.5 Å². The van der Waals surface area contributed by atoms with Crippen molar-refractivity contribution in [3.8, 4) is 28.4 Å². The molecule has 15 nitrogen and oxygen atoms in total. The van der Waals surface area contributed by atoms with Crippen LogP contribution in [0.4, 0.5) is 0 Å². The number of carboxylic acid groups (broad SMARTS) is 1. The van der Waals surface area contributed by atoms with Crippen molar-refractivity contribution < 1.29 is 67.7 Å². The number of amides is 1. The Labute approximate surface area is 662 Å². The van der Waals surface area contributed by atoms with E-state index in [-0.39, 0.29) is 52.1 Å². The van der Waals surface area contributed by atoms with Gasteiger partial charge in [-0.15, -0.1) is 0 Å². The first kappa shape index (κ1) is 84.1. The number of phenolic OH excluding ortho intramolecular Hbond substituents is 1. The second-order valence-corrected chi connectivity index (χ2v) is 29.9. The first-order chi connectivity index (χ1) is 49.9. The molecule has 3 aliphatic carbocycles. The summed E-state index contributed by atoms with van der Waals surface area (Å²) in [4.78, 5) is 107. The highest BCUT2D eigenvalue weighted by molar-refractivity contribution is 9.11. The monoisotopic (exact) mass is 1800 g/mol. The largest absolute Gasteiger partial charge is 0.508 e. The van der Waals surface area contributed by atoms with E-state index in [2.05, 4.69) is 102 Å². The average Bonchev–Trinajstić information content (AvgIpc) is 0.761. The first-order valence-corrected chi connectivity index (χ1v) is 38.6. The van der Waals surface area contributed by atoms with Gasteiger partial charge in [0.2, 0.25) is 0 Å². The molecule has 0 atom stereocenters. The third-order valence-corrected chi connectivity index (χ3v) is 22.2. The number of rotatable bonds is 11. The van der Waals surface area contributed by atoms with Crippen molar-refractivity contribution in [1.82, 2.24) is 5.06 Å². The Morgan fingerprint density at radius 3 is 1.36 bits per heavy atom. The quantitative estimate of drug-likeness (QED) is 0.0698. The Morgan fingerprint density at radius 1 is 0.438 bits per heavy atom. The van der Waals surface area contributed by atoms with Crippen molar-refractivity contribution in [2.45, 2.75) is 125 Å². The topological polar surface area (TPSA) is 225 Å². The van der Waals surface area contributed by atoms with E-state index in [9.17, 15) is 43.2 Å². The highest BCUT2D eigenvalue weighted by atomic mass is 79.9. The number of aromatic hydroxyl groups is 1. The standard InChI is InChI=1S/C19H17BrO3.C19H16O3.C10H12BrNO2.C10H10O2.C9H8Br2O.C9H9BrO.C8H7BrO2/c1-12(21)14-6-8-18(20)15(9-14)11-23-16-7-5-13-3-2-4-19(22)17(13)10-16;1-11(20)12-5-6-15-14(7-12)10-22-19-9-16-13(8-17(15)19)3-2-4-18(16)21;1-7-6-8(4-5-9(7)11)10(13)12(2)14-3;11-8-5-4-7-2-1-3-10(12)9(7)6-8;1-6(12)7-2-3-9(11)8(4-7)5-10;1-6-5-8(7(2)11)3-4-9(6)10;1-5-4-6(8(10)11)2-3-7(5)9/h5-10H,2-4,11H2,1H3;5-9H,2-4,10H2,1H3;4-6H,1-3H3;4-6,11H,1-3H2;2-4H,5H2,1H3;3-5H,1-2H3;2-4H,1H3,(H,10,11). The minimum absolute atomic E-state index is 0.0260. The number of benzene rings is 9. The summed E-state index contributed by atoms with van der Waals surface area (Å²) in [5.41, 5.74) is 17.7. The van der Waals surface area contributed by atoms with E-state index in [0.717, 1.165) is 155 Å². The molecular weight excluding hydrogens is 1730 g/mol. The molecule has 21 heteroatoms. The number of hydroxylamine groups is 2. The summed E-state index contributed by atoms with van der Waals surface area (Å²) in [6.45, 7) is 12.8. The highest BCUT2D eigenvalue weighted by Gasteiger charge is 2.26. The number of hydrogen-bond acceptors (Lipinski definition) is 13. The lowest BCUT2D eigenvalue weighted by Crippen LogP contribution is -2.25. The van der Waals surface area contributed by atoms with Gasteiger partial charge in [0.25, 0.3) is 5.91 Å². The normalized spacial score (nSPS) is 12.5. The highest BCUT2D eigenvalue weighted by Crippen LogP contribution is 2.42. The van der Waals surface area contributed by atoms with E-state index in [4.69, 9.17) is 24.5 Å². The van der Waals surface area contributed by atoms with E-state index < -0.39 is 5.97 Å². The zero-order valence-corrected chi connectivity index (χ0v) is 69.0. The van der Waals surface area contributed by atoms with Crippen molar-refractivity contribution in [3.63, 3.8) is 0 Å². The third-order valence-electron chi connectivity index (χ3n) is 17.4. The van der Waals surface area contributed by atoms with Crippen molar-refractivity contribution in [2.75, 3.05) is 14.2 Å². The predicted octanol–water partition coefficient (Wildman–Crippen LogP) is 22.0. The lowest BCUT2D eigenvalue weighted by molar-refractivity contribution is -0.0757. The SMILES string of the molecule is CC(=O)c1ccc(Br)c(C)c1.CC(=O)c1ccc(Br)c(CBr)c1.CC(=O)c1ccc(Br)c(COc2ccc3c(c2)C(=O)CCC3)c1.CC(=O)c1ccc2c(c1)COc1cc3c(cc1-2)CCCC3=O.CON(C)C(=O)c1ccc(Br)c(C)c1.Cc1cc(C(=O)O)ccc1Br.O=C1CCCc2ccc(O)cc21. The molecule has 0 fully saturated rings. The van der Waals surface area contributed by atoms with Gasteiger partial charge in [-0.3, -0.25) is 43.2 Å². The summed E-state index contributed by atoms with van der Waals surface area (Å²) in [5.74, 6) is 1.46. The van der Waals surface area contributed by atoms with Gasteiger partial charge < -0.3 is 19.7 Å². The van der Waals surface area contributed by atoms with Crippen LogP contribution in [-0.2, 0) is 42.6 Å². The number of hydrogen-bond donors (Lipinski definition) is 2. The van der Waals surface area contributed by atoms with Crippen LogP contribution in [0.5, 0.6) is 17.2 Å². The number of carboxylic acids is 1. The van der Waals surface area contributed by atoms with Crippen LogP contribution in [-0.4, -0.2) is 81.8 Å². The van der Waals surface area contributed by atoms with E-state index >= 15 is 0 Å². The molecule has 0 radical (unpaired) electrons. The summed E-state index contributed by atoms with van der Waals surface area (Å²) in [6, 6.07) is 47.5. The molecule has 1 aliphatic heterocycles. The van der Waals surface area contributed by atoms with E-state index in [1.165, 1.54) is 12.2 Å². The summed E-state index contributed by atoms with van der Waals surface area (Å²) in [7, 11) is 3.04. The lowest BCUT2D eigenvalue weighted by atomic mass is 9.86. The van der Waals surface area contributed by atoms with Gasteiger partial charge in [-0.25, -0.2) is 9.86 Å². The van der Waals surface area contributed by atoms with Gasteiger partial charge in [0.1, 0.15) is 30.5 Å².